The Bertz CT molecular complexity index is 738. The van der Waals surface area contributed by atoms with Gasteiger partial charge in [0.25, 0.3) is 0 Å². The molecule has 3 nitrogen and oxygen atoms in total. The number of fused-ring (bicyclic) bond motifs is 2. The third-order valence-electron chi connectivity index (χ3n) is 5.58. The molecule has 4 rings (SSSR count). The zero-order valence-corrected chi connectivity index (χ0v) is 14.7. The molecule has 122 valence electrons. The molecule has 2 heterocycles. The normalized spacial score (nSPS) is 26.3. The maximum absolute atomic E-state index is 12.6. The van der Waals surface area contributed by atoms with Crippen LogP contribution < -0.4 is 0 Å². The van der Waals surface area contributed by atoms with Crippen LogP contribution in [0.4, 0.5) is 0 Å². The molecule has 23 heavy (non-hydrogen) atoms. The lowest BCUT2D eigenvalue weighted by atomic mass is 9.72. The number of nitrogens with zero attached hydrogens (tertiary/aromatic N) is 1. The molecule has 1 aliphatic carbocycles. The van der Waals surface area contributed by atoms with Crippen LogP contribution in [0.5, 0.6) is 0 Å². The minimum atomic E-state index is 0.317. The van der Waals surface area contributed by atoms with Crippen LogP contribution in [0.1, 0.15) is 36.8 Å². The van der Waals surface area contributed by atoms with E-state index in [-0.39, 0.29) is 0 Å². The topological polar surface area (TPSA) is 36.1 Å². The number of amides is 1. The first-order chi connectivity index (χ1) is 11.2. The Balaban J connectivity index is 1.78. The van der Waals surface area contributed by atoms with Crippen molar-refractivity contribution in [1.29, 1.82) is 0 Å². The van der Waals surface area contributed by atoms with Crippen LogP contribution in [0.15, 0.2) is 24.4 Å². The van der Waals surface area contributed by atoms with Gasteiger partial charge in [0.1, 0.15) is 0 Å². The Hall–Kier alpha value is -1.42. The van der Waals surface area contributed by atoms with E-state index in [9.17, 15) is 4.79 Å². The van der Waals surface area contributed by atoms with Crippen molar-refractivity contribution < 1.29 is 4.79 Å². The Morgan fingerprint density at radius 1 is 1.43 bits per heavy atom. The molecule has 1 amide bonds. The van der Waals surface area contributed by atoms with E-state index in [0.717, 1.165) is 18.7 Å². The smallest absolute Gasteiger partial charge is 0.222 e. The van der Waals surface area contributed by atoms with E-state index in [1.165, 1.54) is 28.5 Å². The fourth-order valence-electron chi connectivity index (χ4n) is 4.64. The van der Waals surface area contributed by atoms with Crippen LogP contribution in [0, 0.1) is 5.92 Å². The fraction of sp³-hybridized carbons (Fsp3) is 0.526. The summed E-state index contributed by atoms with van der Waals surface area (Å²) >= 11 is 1.90. The van der Waals surface area contributed by atoms with E-state index in [2.05, 4.69) is 40.5 Å². The molecule has 0 saturated carbocycles. The number of carbonyl (C=O) groups excluding carboxylic acids is 1. The number of aromatic nitrogens is 1. The highest BCUT2D eigenvalue weighted by molar-refractivity contribution is 7.98. The number of H-pyrrole nitrogens is 1. The molecule has 1 aliphatic heterocycles. The zero-order chi connectivity index (χ0) is 16.0. The largest absolute Gasteiger partial charge is 0.361 e. The van der Waals surface area contributed by atoms with Crippen LogP contribution in [0.2, 0.25) is 0 Å². The summed E-state index contributed by atoms with van der Waals surface area (Å²) in [6.07, 6.45) is 7.14. The van der Waals surface area contributed by atoms with Gasteiger partial charge in [0, 0.05) is 42.0 Å². The van der Waals surface area contributed by atoms with Crippen molar-refractivity contribution in [2.75, 3.05) is 18.6 Å². The predicted octanol–water partition coefficient (Wildman–Crippen LogP) is 3.80. The summed E-state index contributed by atoms with van der Waals surface area (Å²) in [5.74, 6) is 2.56. The second-order valence-electron chi connectivity index (χ2n) is 6.92. The van der Waals surface area contributed by atoms with E-state index in [1.807, 2.05) is 18.7 Å². The highest BCUT2D eigenvalue weighted by Gasteiger charge is 2.41. The van der Waals surface area contributed by atoms with Crippen molar-refractivity contribution in [3.8, 4) is 0 Å². The molecule has 1 unspecified atom stereocenters. The molecular formula is C19H24N2OS. The standard InChI is InChI=1S/C19H24N2OS/c1-3-18(22)21-10-12(11-23-2)7-15-14-5-4-6-16-19(14)13(9-20-16)8-17(15)21/h4-6,9,12,15,17,20H,3,7-8,10-11H2,1-2H3/t12?,15-,17-/m1/s1. The number of aromatic amines is 1. The van der Waals surface area contributed by atoms with E-state index in [1.54, 1.807) is 0 Å². The second-order valence-corrected chi connectivity index (χ2v) is 7.83. The predicted molar refractivity (Wildman–Crippen MR) is 97.0 cm³/mol. The summed E-state index contributed by atoms with van der Waals surface area (Å²) in [5, 5.41) is 1.42. The third kappa shape index (κ3) is 2.38. The van der Waals surface area contributed by atoms with Gasteiger partial charge in [0.15, 0.2) is 0 Å². The molecule has 1 N–H and O–H groups in total. The first-order valence-electron chi connectivity index (χ1n) is 8.60. The van der Waals surface area contributed by atoms with Gasteiger partial charge >= 0.3 is 0 Å². The Morgan fingerprint density at radius 3 is 3.09 bits per heavy atom. The molecule has 1 saturated heterocycles. The van der Waals surface area contributed by atoms with Gasteiger partial charge in [-0.15, -0.1) is 0 Å². The van der Waals surface area contributed by atoms with Gasteiger partial charge in [0.2, 0.25) is 5.91 Å². The first kappa shape index (κ1) is 15.1. The van der Waals surface area contributed by atoms with Gasteiger partial charge in [0.05, 0.1) is 0 Å². The SMILES string of the molecule is CCC(=O)N1CC(CSC)C[C@@H]2c3cccc4[nH]cc(c34)C[C@H]21. The molecule has 1 fully saturated rings. The highest BCUT2D eigenvalue weighted by Crippen LogP contribution is 2.45. The van der Waals surface area contributed by atoms with Crippen LogP contribution in [0.25, 0.3) is 10.9 Å². The highest BCUT2D eigenvalue weighted by atomic mass is 32.2. The second kappa shape index (κ2) is 5.90. The summed E-state index contributed by atoms with van der Waals surface area (Å²) in [4.78, 5) is 18.2. The summed E-state index contributed by atoms with van der Waals surface area (Å²) in [6, 6.07) is 6.95. The van der Waals surface area contributed by atoms with Crippen molar-refractivity contribution >= 4 is 28.6 Å². The van der Waals surface area contributed by atoms with E-state index >= 15 is 0 Å². The zero-order valence-electron chi connectivity index (χ0n) is 13.8. The Morgan fingerprint density at radius 2 is 2.30 bits per heavy atom. The lowest BCUT2D eigenvalue weighted by Crippen LogP contribution is -2.52. The molecule has 0 spiro atoms. The van der Waals surface area contributed by atoms with Crippen molar-refractivity contribution in [2.45, 2.75) is 38.1 Å². The first-order valence-corrected chi connectivity index (χ1v) is 9.99. The molecular weight excluding hydrogens is 304 g/mol. The van der Waals surface area contributed by atoms with Gasteiger partial charge < -0.3 is 9.88 Å². The molecule has 0 radical (unpaired) electrons. The Kier molecular flexibility index (Phi) is 3.88. The monoisotopic (exact) mass is 328 g/mol. The number of benzene rings is 1. The van der Waals surface area contributed by atoms with Gasteiger partial charge in [-0.3, -0.25) is 4.79 Å². The van der Waals surface area contributed by atoms with Crippen molar-refractivity contribution in [1.82, 2.24) is 9.88 Å². The number of hydrogen-bond donors (Lipinski definition) is 1. The number of piperidine rings is 1. The lowest BCUT2D eigenvalue weighted by molar-refractivity contribution is -0.136. The van der Waals surface area contributed by atoms with E-state index in [4.69, 9.17) is 0 Å². The molecule has 2 aliphatic rings. The summed E-state index contributed by atoms with van der Waals surface area (Å²) in [6.45, 7) is 2.92. The van der Waals surface area contributed by atoms with Crippen LogP contribution in [-0.4, -0.2) is 40.4 Å². The number of likely N-dealkylation sites (tertiary alicyclic amines) is 1. The summed E-state index contributed by atoms with van der Waals surface area (Å²) < 4.78 is 0. The average Bonchev–Trinajstić information content (AvgIpc) is 2.99. The van der Waals surface area contributed by atoms with E-state index < -0.39 is 0 Å². The van der Waals surface area contributed by atoms with Crippen molar-refractivity contribution in [3.05, 3.63) is 35.5 Å². The molecule has 2 aromatic rings. The number of nitrogens with one attached hydrogen (secondary N) is 1. The Labute approximate surface area is 141 Å². The lowest BCUT2D eigenvalue weighted by Gasteiger charge is -2.47. The van der Waals surface area contributed by atoms with E-state index in [0.29, 0.717) is 30.2 Å². The van der Waals surface area contributed by atoms with Crippen LogP contribution in [-0.2, 0) is 11.2 Å². The van der Waals surface area contributed by atoms with Crippen molar-refractivity contribution in [2.24, 2.45) is 5.92 Å². The van der Waals surface area contributed by atoms with Gasteiger partial charge in [-0.25, -0.2) is 0 Å². The van der Waals surface area contributed by atoms with Crippen LogP contribution in [0.3, 0.4) is 0 Å². The summed E-state index contributed by atoms with van der Waals surface area (Å²) in [5.41, 5.74) is 4.08. The van der Waals surface area contributed by atoms with Gasteiger partial charge in [-0.05, 0) is 48.0 Å². The maximum Gasteiger partial charge on any atom is 0.222 e. The van der Waals surface area contributed by atoms with Gasteiger partial charge in [-0.1, -0.05) is 19.1 Å². The number of thioether (sulfide) groups is 1. The molecule has 1 aromatic carbocycles. The average molecular weight is 328 g/mol. The minimum absolute atomic E-state index is 0.317. The number of carbonyl (C=O) groups is 1. The molecule has 0 bridgehead atoms. The molecule has 1 aromatic heterocycles. The van der Waals surface area contributed by atoms with Crippen LogP contribution >= 0.6 is 11.8 Å². The van der Waals surface area contributed by atoms with Crippen molar-refractivity contribution in [3.63, 3.8) is 0 Å². The third-order valence-corrected chi connectivity index (χ3v) is 6.39. The number of rotatable bonds is 3. The molecule has 4 heteroatoms. The summed E-state index contributed by atoms with van der Waals surface area (Å²) in [7, 11) is 0. The molecule has 3 atom stereocenters. The quantitative estimate of drug-likeness (QED) is 0.930. The number of hydrogen-bond acceptors (Lipinski definition) is 2. The maximum atomic E-state index is 12.6. The fourth-order valence-corrected chi connectivity index (χ4v) is 5.35. The van der Waals surface area contributed by atoms with Gasteiger partial charge in [-0.2, -0.15) is 11.8 Å². The minimum Gasteiger partial charge on any atom is -0.361 e.